The van der Waals surface area contributed by atoms with Crippen LogP contribution in [0.5, 0.6) is 11.5 Å². The zero-order valence-electron chi connectivity index (χ0n) is 14.1. The molecule has 122 valence electrons. The molecule has 1 aliphatic rings. The van der Waals surface area contributed by atoms with Gasteiger partial charge in [-0.3, -0.25) is 0 Å². The summed E-state index contributed by atoms with van der Waals surface area (Å²) in [6.07, 6.45) is 0. The number of hydrogen-bond donors (Lipinski definition) is 0. The lowest BCUT2D eigenvalue weighted by Gasteiger charge is -2.24. The van der Waals surface area contributed by atoms with Crippen molar-refractivity contribution in [3.63, 3.8) is 0 Å². The van der Waals surface area contributed by atoms with E-state index < -0.39 is 0 Å². The molecule has 0 fully saturated rings. The van der Waals surface area contributed by atoms with E-state index in [1.165, 1.54) is 32.7 Å². The van der Waals surface area contributed by atoms with Gasteiger partial charge in [-0.1, -0.05) is 60.7 Å². The topological polar surface area (TPSA) is 18.5 Å². The van der Waals surface area contributed by atoms with Gasteiger partial charge in [0.15, 0.2) is 11.5 Å². The smallest absolute Gasteiger partial charge is 0.169 e. The highest BCUT2D eigenvalue weighted by Crippen LogP contribution is 2.48. The second-order valence-electron chi connectivity index (χ2n) is 6.48. The zero-order chi connectivity index (χ0) is 16.8. The molecule has 4 aromatic carbocycles. The first-order valence-electron chi connectivity index (χ1n) is 8.63. The Kier molecular flexibility index (Phi) is 3.17. The van der Waals surface area contributed by atoms with Crippen LogP contribution >= 0.6 is 0 Å². The van der Waals surface area contributed by atoms with E-state index >= 15 is 0 Å². The lowest BCUT2D eigenvalue weighted by molar-refractivity contribution is 0.173. The second-order valence-corrected chi connectivity index (χ2v) is 6.48. The lowest BCUT2D eigenvalue weighted by Crippen LogP contribution is -2.16. The molecule has 1 heterocycles. The number of fused-ring (bicyclic) bond motifs is 3. The van der Waals surface area contributed by atoms with Crippen molar-refractivity contribution in [1.29, 1.82) is 0 Å². The first kappa shape index (κ1) is 14.4. The Morgan fingerprint density at radius 2 is 1.36 bits per heavy atom. The SMILES string of the molecule is Cc1ccc2ccccc2c1-c1c2c(cc3ccccc13)OCCO2. The second kappa shape index (κ2) is 5.52. The monoisotopic (exact) mass is 326 g/mol. The Morgan fingerprint density at radius 1 is 0.680 bits per heavy atom. The predicted molar refractivity (Wildman–Crippen MR) is 103 cm³/mol. The largest absolute Gasteiger partial charge is 0.486 e. The maximum Gasteiger partial charge on any atom is 0.169 e. The Bertz CT molecular complexity index is 1110. The van der Waals surface area contributed by atoms with Crippen molar-refractivity contribution < 1.29 is 9.47 Å². The summed E-state index contributed by atoms with van der Waals surface area (Å²) in [5.41, 5.74) is 3.62. The Labute approximate surface area is 146 Å². The molecule has 2 nitrogen and oxygen atoms in total. The molecule has 0 saturated carbocycles. The highest BCUT2D eigenvalue weighted by Gasteiger charge is 2.22. The minimum Gasteiger partial charge on any atom is -0.486 e. The quantitative estimate of drug-likeness (QED) is 0.444. The minimum absolute atomic E-state index is 0.585. The molecule has 2 heteroatoms. The molecular weight excluding hydrogens is 308 g/mol. The highest BCUT2D eigenvalue weighted by atomic mass is 16.6. The van der Waals surface area contributed by atoms with Gasteiger partial charge >= 0.3 is 0 Å². The van der Waals surface area contributed by atoms with Gasteiger partial charge in [0.25, 0.3) is 0 Å². The van der Waals surface area contributed by atoms with Gasteiger partial charge in [-0.2, -0.15) is 0 Å². The average molecular weight is 326 g/mol. The summed E-state index contributed by atoms with van der Waals surface area (Å²) in [5, 5.41) is 4.86. The van der Waals surface area contributed by atoms with Gasteiger partial charge in [0.1, 0.15) is 13.2 Å². The minimum atomic E-state index is 0.585. The molecule has 0 unspecified atom stereocenters. The summed E-state index contributed by atoms with van der Waals surface area (Å²) >= 11 is 0. The van der Waals surface area contributed by atoms with E-state index in [9.17, 15) is 0 Å². The average Bonchev–Trinajstić information content (AvgIpc) is 2.67. The summed E-state index contributed by atoms with van der Waals surface area (Å²) < 4.78 is 12.0. The van der Waals surface area contributed by atoms with Crippen LogP contribution in [0.15, 0.2) is 66.7 Å². The fraction of sp³-hybridized carbons (Fsp3) is 0.130. The van der Waals surface area contributed by atoms with Crippen LogP contribution in [0.2, 0.25) is 0 Å². The van der Waals surface area contributed by atoms with Gasteiger partial charge < -0.3 is 9.47 Å². The molecule has 0 aliphatic carbocycles. The first-order chi connectivity index (χ1) is 12.3. The van der Waals surface area contributed by atoms with Crippen LogP contribution in [0.25, 0.3) is 32.7 Å². The molecule has 0 bridgehead atoms. The molecule has 4 aromatic rings. The van der Waals surface area contributed by atoms with Crippen molar-refractivity contribution in [2.24, 2.45) is 0 Å². The predicted octanol–water partition coefficient (Wildman–Crippen LogP) is 5.74. The van der Waals surface area contributed by atoms with Crippen LogP contribution < -0.4 is 9.47 Å². The Hall–Kier alpha value is -3.00. The van der Waals surface area contributed by atoms with Crippen molar-refractivity contribution in [2.45, 2.75) is 6.92 Å². The summed E-state index contributed by atoms with van der Waals surface area (Å²) in [6.45, 7) is 3.35. The molecule has 5 rings (SSSR count). The fourth-order valence-corrected chi connectivity index (χ4v) is 3.81. The third kappa shape index (κ3) is 2.18. The van der Waals surface area contributed by atoms with Gasteiger partial charge in [-0.25, -0.2) is 0 Å². The van der Waals surface area contributed by atoms with Gasteiger partial charge in [-0.15, -0.1) is 0 Å². The number of aryl methyl sites for hydroxylation is 1. The molecule has 0 atom stereocenters. The van der Waals surface area contributed by atoms with E-state index in [4.69, 9.17) is 9.47 Å². The van der Waals surface area contributed by atoms with Gasteiger partial charge in [0, 0.05) is 5.56 Å². The Balaban J connectivity index is 1.98. The number of benzene rings is 4. The zero-order valence-corrected chi connectivity index (χ0v) is 14.1. The molecule has 0 spiro atoms. The maximum absolute atomic E-state index is 6.10. The Morgan fingerprint density at radius 3 is 2.20 bits per heavy atom. The van der Waals surface area contributed by atoms with E-state index in [0.29, 0.717) is 13.2 Å². The number of ether oxygens (including phenoxy) is 2. The van der Waals surface area contributed by atoms with Gasteiger partial charge in [-0.05, 0) is 45.7 Å². The van der Waals surface area contributed by atoms with Crippen molar-refractivity contribution in [3.8, 4) is 22.6 Å². The van der Waals surface area contributed by atoms with Gasteiger partial charge in [0.2, 0.25) is 0 Å². The van der Waals surface area contributed by atoms with E-state index in [1.807, 2.05) is 0 Å². The maximum atomic E-state index is 6.10. The van der Waals surface area contributed by atoms with Crippen LogP contribution in [0.1, 0.15) is 5.56 Å². The third-order valence-electron chi connectivity index (χ3n) is 4.94. The van der Waals surface area contributed by atoms with Crippen molar-refractivity contribution in [1.82, 2.24) is 0 Å². The molecule has 0 N–H and O–H groups in total. The summed E-state index contributed by atoms with van der Waals surface area (Å²) in [5.74, 6) is 1.71. The first-order valence-corrected chi connectivity index (χ1v) is 8.63. The molecule has 25 heavy (non-hydrogen) atoms. The highest BCUT2D eigenvalue weighted by molar-refractivity contribution is 6.09. The van der Waals surface area contributed by atoms with Crippen LogP contribution in [0.3, 0.4) is 0 Å². The van der Waals surface area contributed by atoms with Crippen molar-refractivity contribution >= 4 is 21.5 Å². The molecule has 0 aromatic heterocycles. The van der Waals surface area contributed by atoms with Crippen molar-refractivity contribution in [2.75, 3.05) is 13.2 Å². The normalized spacial score (nSPS) is 13.3. The van der Waals surface area contributed by atoms with E-state index in [1.54, 1.807) is 0 Å². The third-order valence-corrected chi connectivity index (χ3v) is 4.94. The van der Waals surface area contributed by atoms with Crippen LogP contribution in [0.4, 0.5) is 0 Å². The fourth-order valence-electron chi connectivity index (χ4n) is 3.81. The van der Waals surface area contributed by atoms with Gasteiger partial charge in [0.05, 0.1) is 0 Å². The standard InChI is InChI=1S/C23H18O2/c1-15-10-11-16-6-2-4-8-18(16)21(15)22-19-9-5-3-7-17(19)14-20-23(22)25-13-12-24-20/h2-11,14H,12-13H2,1H3. The molecular formula is C23H18O2. The van der Waals surface area contributed by atoms with Crippen LogP contribution in [-0.2, 0) is 0 Å². The van der Waals surface area contributed by atoms with E-state index in [-0.39, 0.29) is 0 Å². The number of rotatable bonds is 1. The lowest BCUT2D eigenvalue weighted by atomic mass is 9.89. The molecule has 0 saturated heterocycles. The van der Waals surface area contributed by atoms with Crippen molar-refractivity contribution in [3.05, 3.63) is 72.3 Å². The summed E-state index contributed by atoms with van der Waals surface area (Å²) in [6, 6.07) is 23.5. The van der Waals surface area contributed by atoms with Crippen LogP contribution in [-0.4, -0.2) is 13.2 Å². The molecule has 1 aliphatic heterocycles. The molecule has 0 amide bonds. The molecule has 0 radical (unpaired) electrons. The van der Waals surface area contributed by atoms with Crippen LogP contribution in [0, 0.1) is 6.92 Å². The number of hydrogen-bond acceptors (Lipinski definition) is 2. The van der Waals surface area contributed by atoms with E-state index in [0.717, 1.165) is 17.1 Å². The van der Waals surface area contributed by atoms with E-state index in [2.05, 4.69) is 73.7 Å². The summed E-state index contributed by atoms with van der Waals surface area (Å²) in [7, 11) is 0. The summed E-state index contributed by atoms with van der Waals surface area (Å²) in [4.78, 5) is 0.